The molecule has 0 bridgehead atoms. The molecule has 2 N–H and O–H groups in total. The summed E-state index contributed by atoms with van der Waals surface area (Å²) < 4.78 is 0. The first-order valence-electron chi connectivity index (χ1n) is 5.02. The third-order valence-corrected chi connectivity index (χ3v) is 2.17. The van der Waals surface area contributed by atoms with E-state index in [1.165, 1.54) is 6.92 Å². The summed E-state index contributed by atoms with van der Waals surface area (Å²) in [5, 5.41) is 11.0. The predicted molar refractivity (Wildman–Crippen MR) is 53.9 cm³/mol. The average Bonchev–Trinajstić information content (AvgIpc) is 2.13. The second-order valence-electron chi connectivity index (χ2n) is 3.61. The Morgan fingerprint density at radius 3 is 2.36 bits per heavy atom. The van der Waals surface area contributed by atoms with Gasteiger partial charge in [-0.3, -0.25) is 9.59 Å². The molecule has 0 aromatic rings. The molecule has 0 saturated carbocycles. The Morgan fingerprint density at radius 2 is 1.93 bits per heavy atom. The van der Waals surface area contributed by atoms with E-state index < -0.39 is 12.0 Å². The maximum atomic E-state index is 11.4. The van der Waals surface area contributed by atoms with Gasteiger partial charge in [0.1, 0.15) is 6.04 Å². The van der Waals surface area contributed by atoms with Gasteiger partial charge in [0.05, 0.1) is 0 Å². The third kappa shape index (κ3) is 4.84. The average molecular weight is 201 g/mol. The SMILES string of the molecule is CCCCC(C)C(=O)NC(C)C(=O)O. The van der Waals surface area contributed by atoms with Gasteiger partial charge in [0.15, 0.2) is 0 Å². The summed E-state index contributed by atoms with van der Waals surface area (Å²) in [4.78, 5) is 21.8. The molecule has 1 amide bonds. The minimum atomic E-state index is -0.999. The van der Waals surface area contributed by atoms with Crippen LogP contribution in [-0.4, -0.2) is 23.0 Å². The van der Waals surface area contributed by atoms with E-state index in [0.717, 1.165) is 19.3 Å². The summed E-state index contributed by atoms with van der Waals surface area (Å²) in [6, 6.07) is -0.799. The Kier molecular flexibility index (Phi) is 5.92. The van der Waals surface area contributed by atoms with Gasteiger partial charge >= 0.3 is 5.97 Å². The second kappa shape index (κ2) is 6.40. The summed E-state index contributed by atoms with van der Waals surface area (Å²) >= 11 is 0. The Bertz CT molecular complexity index is 204. The monoisotopic (exact) mass is 201 g/mol. The number of hydrogen-bond acceptors (Lipinski definition) is 2. The van der Waals surface area contributed by atoms with Crippen LogP contribution in [0, 0.1) is 5.92 Å². The first kappa shape index (κ1) is 12.9. The number of carbonyl (C=O) groups is 2. The van der Waals surface area contributed by atoms with Crippen molar-refractivity contribution in [3.05, 3.63) is 0 Å². The van der Waals surface area contributed by atoms with E-state index in [-0.39, 0.29) is 11.8 Å². The number of carboxylic acids is 1. The van der Waals surface area contributed by atoms with E-state index in [9.17, 15) is 9.59 Å². The molecule has 0 aliphatic heterocycles. The summed E-state index contributed by atoms with van der Waals surface area (Å²) in [6.45, 7) is 5.34. The standard InChI is InChI=1S/C10H19NO3/c1-4-5-6-7(2)9(12)11-8(3)10(13)14/h7-8H,4-6H2,1-3H3,(H,11,12)(H,13,14). The van der Waals surface area contributed by atoms with Crippen molar-refractivity contribution < 1.29 is 14.7 Å². The van der Waals surface area contributed by atoms with Gasteiger partial charge < -0.3 is 10.4 Å². The zero-order chi connectivity index (χ0) is 11.1. The Morgan fingerprint density at radius 1 is 1.36 bits per heavy atom. The van der Waals surface area contributed by atoms with Crippen LogP contribution in [0.4, 0.5) is 0 Å². The van der Waals surface area contributed by atoms with Gasteiger partial charge in [0, 0.05) is 5.92 Å². The smallest absolute Gasteiger partial charge is 0.325 e. The van der Waals surface area contributed by atoms with E-state index >= 15 is 0 Å². The Labute approximate surface area is 84.7 Å². The molecule has 0 spiro atoms. The fourth-order valence-corrected chi connectivity index (χ4v) is 1.06. The number of carbonyl (C=O) groups excluding carboxylic acids is 1. The maximum absolute atomic E-state index is 11.4. The van der Waals surface area contributed by atoms with Crippen LogP contribution in [0.15, 0.2) is 0 Å². The molecule has 0 radical (unpaired) electrons. The van der Waals surface area contributed by atoms with Crippen molar-refractivity contribution >= 4 is 11.9 Å². The highest BCUT2D eigenvalue weighted by molar-refractivity contribution is 5.84. The van der Waals surface area contributed by atoms with E-state index in [2.05, 4.69) is 12.2 Å². The van der Waals surface area contributed by atoms with E-state index in [0.29, 0.717) is 0 Å². The molecule has 4 heteroatoms. The number of rotatable bonds is 6. The minimum Gasteiger partial charge on any atom is -0.480 e. The van der Waals surface area contributed by atoms with E-state index in [4.69, 9.17) is 5.11 Å². The van der Waals surface area contributed by atoms with Crippen molar-refractivity contribution in [2.24, 2.45) is 5.92 Å². The quantitative estimate of drug-likeness (QED) is 0.682. The largest absolute Gasteiger partial charge is 0.480 e. The van der Waals surface area contributed by atoms with Crippen molar-refractivity contribution in [2.45, 2.75) is 46.1 Å². The lowest BCUT2D eigenvalue weighted by atomic mass is 10.0. The lowest BCUT2D eigenvalue weighted by molar-refractivity contribution is -0.141. The summed E-state index contributed by atoms with van der Waals surface area (Å²) in [5.41, 5.74) is 0. The number of unbranched alkanes of at least 4 members (excludes halogenated alkanes) is 1. The molecule has 0 heterocycles. The van der Waals surface area contributed by atoms with Crippen LogP contribution in [0.3, 0.4) is 0 Å². The zero-order valence-corrected chi connectivity index (χ0v) is 9.04. The Balaban J connectivity index is 3.88. The zero-order valence-electron chi connectivity index (χ0n) is 9.04. The highest BCUT2D eigenvalue weighted by Crippen LogP contribution is 2.07. The van der Waals surface area contributed by atoms with Gasteiger partial charge in [0.2, 0.25) is 5.91 Å². The first-order valence-corrected chi connectivity index (χ1v) is 5.02. The van der Waals surface area contributed by atoms with Crippen LogP contribution < -0.4 is 5.32 Å². The van der Waals surface area contributed by atoms with Crippen molar-refractivity contribution in [1.82, 2.24) is 5.32 Å². The third-order valence-electron chi connectivity index (χ3n) is 2.17. The van der Waals surface area contributed by atoms with Crippen LogP contribution >= 0.6 is 0 Å². The minimum absolute atomic E-state index is 0.100. The van der Waals surface area contributed by atoms with Gasteiger partial charge in [-0.25, -0.2) is 0 Å². The molecular weight excluding hydrogens is 182 g/mol. The van der Waals surface area contributed by atoms with E-state index in [1.807, 2.05) is 6.92 Å². The van der Waals surface area contributed by atoms with Crippen molar-refractivity contribution in [1.29, 1.82) is 0 Å². The number of carboxylic acid groups (broad SMARTS) is 1. The summed E-state index contributed by atoms with van der Waals surface area (Å²) in [7, 11) is 0. The van der Waals surface area contributed by atoms with Crippen molar-refractivity contribution in [3.63, 3.8) is 0 Å². The second-order valence-corrected chi connectivity index (χ2v) is 3.61. The molecule has 0 saturated heterocycles. The fraction of sp³-hybridized carbons (Fsp3) is 0.800. The molecule has 0 aliphatic carbocycles. The molecule has 2 unspecified atom stereocenters. The molecule has 0 aliphatic rings. The van der Waals surface area contributed by atoms with Crippen LogP contribution in [0.25, 0.3) is 0 Å². The maximum Gasteiger partial charge on any atom is 0.325 e. The molecule has 0 aromatic carbocycles. The topological polar surface area (TPSA) is 66.4 Å². The molecule has 4 nitrogen and oxygen atoms in total. The fourth-order valence-electron chi connectivity index (χ4n) is 1.06. The van der Waals surface area contributed by atoms with Crippen LogP contribution in [-0.2, 0) is 9.59 Å². The highest BCUT2D eigenvalue weighted by atomic mass is 16.4. The summed E-state index contributed by atoms with van der Waals surface area (Å²) in [6.07, 6.45) is 2.86. The molecule has 0 rings (SSSR count). The highest BCUT2D eigenvalue weighted by Gasteiger charge is 2.18. The normalized spacial score (nSPS) is 14.5. The van der Waals surface area contributed by atoms with Gasteiger partial charge in [0.25, 0.3) is 0 Å². The van der Waals surface area contributed by atoms with Crippen LogP contribution in [0.5, 0.6) is 0 Å². The van der Waals surface area contributed by atoms with E-state index in [1.54, 1.807) is 0 Å². The van der Waals surface area contributed by atoms with Crippen LogP contribution in [0.2, 0.25) is 0 Å². The molecule has 14 heavy (non-hydrogen) atoms. The number of hydrogen-bond donors (Lipinski definition) is 2. The van der Waals surface area contributed by atoms with Gasteiger partial charge in [-0.2, -0.15) is 0 Å². The molecule has 0 fully saturated rings. The lowest BCUT2D eigenvalue weighted by Crippen LogP contribution is -2.41. The van der Waals surface area contributed by atoms with Crippen molar-refractivity contribution in [3.8, 4) is 0 Å². The summed E-state index contributed by atoms with van der Waals surface area (Å²) in [5.74, 6) is -1.27. The molecule has 2 atom stereocenters. The van der Waals surface area contributed by atoms with Crippen LogP contribution in [0.1, 0.15) is 40.0 Å². The molecule has 0 aromatic heterocycles. The van der Waals surface area contributed by atoms with Gasteiger partial charge in [-0.1, -0.05) is 26.7 Å². The number of nitrogens with one attached hydrogen (secondary N) is 1. The van der Waals surface area contributed by atoms with Gasteiger partial charge in [-0.15, -0.1) is 0 Å². The molecule has 82 valence electrons. The Hall–Kier alpha value is -1.06. The van der Waals surface area contributed by atoms with Gasteiger partial charge in [-0.05, 0) is 13.3 Å². The first-order chi connectivity index (χ1) is 6.49. The van der Waals surface area contributed by atoms with Crippen molar-refractivity contribution in [2.75, 3.05) is 0 Å². The predicted octanol–water partition coefficient (Wildman–Crippen LogP) is 1.40. The molecular formula is C10H19NO3. The number of aliphatic carboxylic acids is 1. The number of amides is 1. The lowest BCUT2D eigenvalue weighted by Gasteiger charge is -2.14.